The molecule has 1 aliphatic heterocycles. The average Bonchev–Trinajstić information content (AvgIpc) is 2.97. The highest BCUT2D eigenvalue weighted by molar-refractivity contribution is 6.46. The van der Waals surface area contributed by atoms with Crippen molar-refractivity contribution in [3.05, 3.63) is 99.7 Å². The van der Waals surface area contributed by atoms with Crippen LogP contribution in [0.4, 0.5) is 11.4 Å². The Morgan fingerprint density at radius 2 is 1.53 bits per heavy atom. The third-order valence-corrected chi connectivity index (χ3v) is 5.81. The molecule has 0 saturated heterocycles. The molecule has 3 aromatic rings. The molecule has 30 heavy (non-hydrogen) atoms. The zero-order valence-electron chi connectivity index (χ0n) is 17.0. The molecule has 0 radical (unpaired) electrons. The lowest BCUT2D eigenvalue weighted by Gasteiger charge is -2.19. The van der Waals surface area contributed by atoms with Gasteiger partial charge in [-0.1, -0.05) is 60.1 Å². The van der Waals surface area contributed by atoms with Crippen LogP contribution in [0.15, 0.2) is 72.4 Å². The predicted octanol–water partition coefficient (Wildman–Crippen LogP) is 5.66. The number of anilines is 2. The molecule has 150 valence electrons. The van der Waals surface area contributed by atoms with Crippen molar-refractivity contribution in [2.75, 3.05) is 10.2 Å². The molecule has 3 aromatic carbocycles. The molecule has 0 spiro atoms. The van der Waals surface area contributed by atoms with E-state index >= 15 is 0 Å². The molecule has 4 rings (SSSR count). The highest BCUT2D eigenvalue weighted by atomic mass is 35.5. The molecule has 1 aliphatic rings. The molecule has 4 nitrogen and oxygen atoms in total. The number of carbonyl (C=O) groups excluding carboxylic acids is 2. The molecule has 2 amide bonds. The van der Waals surface area contributed by atoms with Crippen LogP contribution in [0, 0.1) is 20.8 Å². The minimum atomic E-state index is -0.385. The van der Waals surface area contributed by atoms with Gasteiger partial charge < -0.3 is 5.32 Å². The second-order valence-corrected chi connectivity index (χ2v) is 7.78. The van der Waals surface area contributed by atoms with Gasteiger partial charge in [-0.2, -0.15) is 0 Å². The SMILES string of the molecule is Cc1ccc(NC2=C(c3ccccc3)C(=O)N(c3cccc(C)c3C)C2=O)cc1Cl. The zero-order chi connectivity index (χ0) is 21.4. The highest BCUT2D eigenvalue weighted by Crippen LogP contribution is 2.36. The van der Waals surface area contributed by atoms with Gasteiger partial charge in [0.05, 0.1) is 11.3 Å². The second kappa shape index (κ2) is 7.81. The molecular formula is C25H21ClN2O2. The third kappa shape index (κ3) is 3.40. The van der Waals surface area contributed by atoms with E-state index in [2.05, 4.69) is 5.32 Å². The minimum Gasteiger partial charge on any atom is -0.350 e. The lowest BCUT2D eigenvalue weighted by molar-refractivity contribution is -0.120. The van der Waals surface area contributed by atoms with E-state index in [0.29, 0.717) is 27.5 Å². The van der Waals surface area contributed by atoms with E-state index in [1.165, 1.54) is 4.90 Å². The van der Waals surface area contributed by atoms with Crippen LogP contribution in [0.1, 0.15) is 22.3 Å². The van der Waals surface area contributed by atoms with Crippen molar-refractivity contribution in [3.63, 3.8) is 0 Å². The maximum atomic E-state index is 13.5. The zero-order valence-corrected chi connectivity index (χ0v) is 17.7. The van der Waals surface area contributed by atoms with Gasteiger partial charge in [-0.3, -0.25) is 9.59 Å². The molecule has 0 aromatic heterocycles. The molecule has 0 unspecified atom stereocenters. The minimum absolute atomic E-state index is 0.243. The summed E-state index contributed by atoms with van der Waals surface area (Å²) in [5.74, 6) is -0.732. The Kier molecular flexibility index (Phi) is 5.18. The van der Waals surface area contributed by atoms with Crippen molar-refractivity contribution in [2.24, 2.45) is 0 Å². The molecule has 5 heteroatoms. The Balaban J connectivity index is 1.85. The fourth-order valence-electron chi connectivity index (χ4n) is 3.53. The number of hydrogen-bond donors (Lipinski definition) is 1. The topological polar surface area (TPSA) is 49.4 Å². The van der Waals surface area contributed by atoms with E-state index in [4.69, 9.17) is 11.6 Å². The average molecular weight is 417 g/mol. The number of imide groups is 1. The molecule has 1 heterocycles. The highest BCUT2D eigenvalue weighted by Gasteiger charge is 2.40. The smallest absolute Gasteiger partial charge is 0.282 e. The van der Waals surface area contributed by atoms with Crippen molar-refractivity contribution in [3.8, 4) is 0 Å². The first kappa shape index (κ1) is 19.9. The summed E-state index contributed by atoms with van der Waals surface area (Å²) in [6.45, 7) is 5.79. The molecule has 0 saturated carbocycles. The summed E-state index contributed by atoms with van der Waals surface area (Å²) in [5, 5.41) is 3.74. The third-order valence-electron chi connectivity index (χ3n) is 5.40. The van der Waals surface area contributed by atoms with Crippen LogP contribution in [0.25, 0.3) is 5.57 Å². The summed E-state index contributed by atoms with van der Waals surface area (Å²) in [4.78, 5) is 28.2. The number of nitrogens with one attached hydrogen (secondary N) is 1. The van der Waals surface area contributed by atoms with Gasteiger partial charge in [0.2, 0.25) is 0 Å². The largest absolute Gasteiger partial charge is 0.350 e. The van der Waals surface area contributed by atoms with Crippen LogP contribution < -0.4 is 10.2 Å². The van der Waals surface area contributed by atoms with Gasteiger partial charge in [0.1, 0.15) is 5.70 Å². The standard InChI is InChI=1S/C25H21ClN2O2/c1-15-8-7-11-21(17(15)3)28-24(29)22(18-9-5-4-6-10-18)23(25(28)30)27-19-13-12-16(2)20(26)14-19/h4-14,27H,1-3H3. The van der Waals surface area contributed by atoms with E-state index in [1.807, 2.05) is 75.4 Å². The van der Waals surface area contributed by atoms with Crippen molar-refractivity contribution < 1.29 is 9.59 Å². The van der Waals surface area contributed by atoms with Crippen molar-refractivity contribution in [1.29, 1.82) is 0 Å². The van der Waals surface area contributed by atoms with E-state index in [-0.39, 0.29) is 17.5 Å². The fraction of sp³-hybridized carbons (Fsp3) is 0.120. The van der Waals surface area contributed by atoms with E-state index < -0.39 is 0 Å². The molecule has 1 N–H and O–H groups in total. The number of benzene rings is 3. The van der Waals surface area contributed by atoms with Gasteiger partial charge in [-0.05, 0) is 61.2 Å². The number of hydrogen-bond acceptors (Lipinski definition) is 3. The number of rotatable bonds is 4. The van der Waals surface area contributed by atoms with Crippen molar-refractivity contribution >= 4 is 40.4 Å². The Labute approximate surface area is 180 Å². The Morgan fingerprint density at radius 1 is 0.800 bits per heavy atom. The van der Waals surface area contributed by atoms with Gasteiger partial charge in [0, 0.05) is 10.7 Å². The van der Waals surface area contributed by atoms with E-state index in [1.54, 1.807) is 12.1 Å². The summed E-state index contributed by atoms with van der Waals surface area (Å²) in [6, 6.07) is 20.3. The lowest BCUT2D eigenvalue weighted by atomic mass is 10.0. The Morgan fingerprint density at radius 3 is 2.23 bits per heavy atom. The molecular weight excluding hydrogens is 396 g/mol. The van der Waals surface area contributed by atoms with Gasteiger partial charge in [-0.15, -0.1) is 0 Å². The maximum absolute atomic E-state index is 13.5. The lowest BCUT2D eigenvalue weighted by Crippen LogP contribution is -2.33. The summed E-state index contributed by atoms with van der Waals surface area (Å²) in [5.41, 5.74) is 5.36. The number of amides is 2. The summed E-state index contributed by atoms with van der Waals surface area (Å²) >= 11 is 6.26. The van der Waals surface area contributed by atoms with Crippen LogP contribution >= 0.6 is 11.6 Å². The van der Waals surface area contributed by atoms with Gasteiger partial charge in [0.25, 0.3) is 11.8 Å². The van der Waals surface area contributed by atoms with E-state index in [9.17, 15) is 9.59 Å². The summed E-state index contributed by atoms with van der Waals surface area (Å²) in [7, 11) is 0. The first-order valence-electron chi connectivity index (χ1n) is 9.66. The normalized spacial score (nSPS) is 13.9. The van der Waals surface area contributed by atoms with E-state index in [0.717, 1.165) is 16.7 Å². The Hall–Kier alpha value is -3.37. The number of aryl methyl sites for hydroxylation is 2. The van der Waals surface area contributed by atoms with Crippen LogP contribution in [-0.4, -0.2) is 11.8 Å². The monoisotopic (exact) mass is 416 g/mol. The fourth-order valence-corrected chi connectivity index (χ4v) is 3.71. The first-order valence-corrected chi connectivity index (χ1v) is 10.0. The van der Waals surface area contributed by atoms with Crippen LogP contribution in [-0.2, 0) is 9.59 Å². The van der Waals surface area contributed by atoms with Gasteiger partial charge in [-0.25, -0.2) is 4.90 Å². The van der Waals surface area contributed by atoms with Crippen LogP contribution in [0.5, 0.6) is 0 Å². The van der Waals surface area contributed by atoms with Crippen molar-refractivity contribution in [2.45, 2.75) is 20.8 Å². The summed E-state index contributed by atoms with van der Waals surface area (Å²) < 4.78 is 0. The molecule has 0 fully saturated rings. The quantitative estimate of drug-likeness (QED) is 0.558. The predicted molar refractivity (Wildman–Crippen MR) is 122 cm³/mol. The Bertz CT molecular complexity index is 1200. The van der Waals surface area contributed by atoms with Gasteiger partial charge >= 0.3 is 0 Å². The van der Waals surface area contributed by atoms with Crippen molar-refractivity contribution in [1.82, 2.24) is 0 Å². The number of nitrogens with zero attached hydrogens (tertiary/aromatic N) is 1. The number of carbonyl (C=O) groups is 2. The van der Waals surface area contributed by atoms with Gasteiger partial charge in [0.15, 0.2) is 0 Å². The molecule has 0 atom stereocenters. The first-order chi connectivity index (χ1) is 14.4. The van der Waals surface area contributed by atoms with Crippen LogP contribution in [0.3, 0.4) is 0 Å². The number of halogens is 1. The second-order valence-electron chi connectivity index (χ2n) is 7.37. The molecule has 0 bridgehead atoms. The summed E-state index contributed by atoms with van der Waals surface area (Å²) in [6.07, 6.45) is 0. The maximum Gasteiger partial charge on any atom is 0.282 e. The molecule has 0 aliphatic carbocycles. The van der Waals surface area contributed by atoms with Crippen LogP contribution in [0.2, 0.25) is 5.02 Å².